The molecule has 2 N–H and O–H groups in total. The number of hydrogen-bond donors (Lipinski definition) is 2. The number of hydrogen-bond acceptors (Lipinski definition) is 6. The number of methoxy groups -OCH3 is 1. The molecule has 8 heteroatoms. The number of carbonyl (C=O) groups is 3. The van der Waals surface area contributed by atoms with E-state index in [0.717, 1.165) is 6.92 Å². The molecule has 0 aliphatic rings. The Hall–Kier alpha value is -2.64. The summed E-state index contributed by atoms with van der Waals surface area (Å²) in [5.74, 6) is -2.49. The number of amides is 1. The van der Waals surface area contributed by atoms with Gasteiger partial charge in [-0.2, -0.15) is 0 Å². The molecule has 20 heavy (non-hydrogen) atoms. The van der Waals surface area contributed by atoms with Gasteiger partial charge in [-0.1, -0.05) is 0 Å². The quantitative estimate of drug-likeness (QED) is 0.696. The third kappa shape index (κ3) is 4.23. The molecule has 0 aliphatic heterocycles. The van der Waals surface area contributed by atoms with Crippen LogP contribution in [0.5, 0.6) is 5.75 Å². The predicted molar refractivity (Wildman–Crippen MR) is 66.3 cm³/mol. The molecule has 1 atom stereocenters. The summed E-state index contributed by atoms with van der Waals surface area (Å²) in [4.78, 5) is 37.4. The first-order chi connectivity index (χ1) is 9.45. The van der Waals surface area contributed by atoms with Crippen molar-refractivity contribution < 1.29 is 29.0 Å². The van der Waals surface area contributed by atoms with Crippen molar-refractivity contribution in [2.75, 3.05) is 13.7 Å². The lowest BCUT2D eigenvalue weighted by Crippen LogP contribution is -2.44. The van der Waals surface area contributed by atoms with E-state index in [9.17, 15) is 14.4 Å². The summed E-state index contributed by atoms with van der Waals surface area (Å²) in [6.45, 7) is 0.675. The van der Waals surface area contributed by atoms with Crippen molar-refractivity contribution in [3.63, 3.8) is 0 Å². The smallest absolute Gasteiger partial charge is 0.329 e. The Morgan fingerprint density at radius 2 is 2.15 bits per heavy atom. The highest BCUT2D eigenvalue weighted by atomic mass is 16.5. The van der Waals surface area contributed by atoms with Gasteiger partial charge in [0.15, 0.2) is 11.7 Å². The van der Waals surface area contributed by atoms with Gasteiger partial charge < -0.3 is 19.9 Å². The number of carboxylic acid groups (broad SMARTS) is 1. The molecule has 0 saturated carbocycles. The molecule has 0 saturated heterocycles. The average Bonchev–Trinajstić information content (AvgIpc) is 2.42. The van der Waals surface area contributed by atoms with E-state index in [2.05, 4.69) is 15.0 Å². The molecule has 1 aromatic rings. The van der Waals surface area contributed by atoms with E-state index in [1.165, 1.54) is 19.4 Å². The lowest BCUT2D eigenvalue weighted by molar-refractivity contribution is -0.146. The number of nitrogens with one attached hydrogen (secondary N) is 1. The summed E-state index contributed by atoms with van der Waals surface area (Å²) < 4.78 is 9.52. The molecule has 1 aromatic heterocycles. The maximum absolute atomic E-state index is 11.9. The van der Waals surface area contributed by atoms with E-state index in [1.807, 2.05) is 0 Å². The molecule has 8 nitrogen and oxygen atoms in total. The maximum Gasteiger partial charge on any atom is 0.329 e. The first kappa shape index (κ1) is 15.4. The fourth-order valence-corrected chi connectivity index (χ4v) is 1.33. The average molecular weight is 282 g/mol. The fourth-order valence-electron chi connectivity index (χ4n) is 1.33. The van der Waals surface area contributed by atoms with Crippen LogP contribution in [-0.2, 0) is 14.3 Å². The van der Waals surface area contributed by atoms with Crippen molar-refractivity contribution in [1.29, 1.82) is 0 Å². The van der Waals surface area contributed by atoms with Gasteiger partial charge >= 0.3 is 11.9 Å². The van der Waals surface area contributed by atoms with Gasteiger partial charge in [-0.25, -0.2) is 9.78 Å². The number of aliphatic carboxylic acids is 1. The number of aromatic nitrogens is 1. The minimum Gasteiger partial charge on any atom is -0.494 e. The Labute approximate surface area is 114 Å². The van der Waals surface area contributed by atoms with E-state index in [-0.39, 0.29) is 11.4 Å². The van der Waals surface area contributed by atoms with Crippen LogP contribution in [0.25, 0.3) is 0 Å². The standard InChI is InChI=1S/C12H14N2O6/c1-7(15)20-6-8(12(17)18)14-11(16)10-9(19-2)4-3-5-13-10/h3-5,8H,6H2,1-2H3,(H,14,16)(H,17,18)/t8-/m0/s1. The highest BCUT2D eigenvalue weighted by Gasteiger charge is 2.24. The summed E-state index contributed by atoms with van der Waals surface area (Å²) in [6.07, 6.45) is 1.37. The van der Waals surface area contributed by atoms with E-state index in [0.29, 0.717) is 0 Å². The number of esters is 1. The number of rotatable bonds is 6. The summed E-state index contributed by atoms with van der Waals surface area (Å²) in [5.41, 5.74) is -0.0518. The zero-order valence-electron chi connectivity index (χ0n) is 11.0. The fraction of sp³-hybridized carbons (Fsp3) is 0.333. The molecule has 0 fully saturated rings. The summed E-state index contributed by atoms with van der Waals surface area (Å²) in [7, 11) is 1.36. The van der Waals surface area contributed by atoms with Gasteiger partial charge in [0.2, 0.25) is 0 Å². The Morgan fingerprint density at radius 3 is 2.70 bits per heavy atom. The van der Waals surface area contributed by atoms with Gasteiger partial charge in [0.1, 0.15) is 12.4 Å². The highest BCUT2D eigenvalue weighted by Crippen LogP contribution is 2.14. The van der Waals surface area contributed by atoms with E-state index >= 15 is 0 Å². The van der Waals surface area contributed by atoms with Crippen LogP contribution in [0.15, 0.2) is 18.3 Å². The molecule has 0 spiro atoms. The molecule has 0 bridgehead atoms. The molecule has 0 aromatic carbocycles. The molecule has 0 radical (unpaired) electrons. The van der Waals surface area contributed by atoms with Gasteiger partial charge in [-0.3, -0.25) is 9.59 Å². The molecule has 108 valence electrons. The molecular formula is C12H14N2O6. The van der Waals surface area contributed by atoms with Crippen LogP contribution in [0.1, 0.15) is 17.4 Å². The summed E-state index contributed by atoms with van der Waals surface area (Å²) in [5, 5.41) is 11.2. The van der Waals surface area contributed by atoms with Gasteiger partial charge in [-0.15, -0.1) is 0 Å². The first-order valence-electron chi connectivity index (χ1n) is 5.61. The predicted octanol–water partition coefficient (Wildman–Crippen LogP) is -0.164. The van der Waals surface area contributed by atoms with Crippen LogP contribution in [0.2, 0.25) is 0 Å². The van der Waals surface area contributed by atoms with Gasteiger partial charge in [0.25, 0.3) is 5.91 Å². The lowest BCUT2D eigenvalue weighted by atomic mass is 10.2. The van der Waals surface area contributed by atoms with Crippen LogP contribution in [0, 0.1) is 0 Å². The molecule has 1 rings (SSSR count). The number of carboxylic acids is 1. The van der Waals surface area contributed by atoms with E-state index in [1.54, 1.807) is 6.07 Å². The second-order valence-electron chi connectivity index (χ2n) is 3.72. The SMILES string of the molecule is COc1cccnc1C(=O)N[C@@H](COC(C)=O)C(=O)O. The monoisotopic (exact) mass is 282 g/mol. The van der Waals surface area contributed by atoms with Crippen LogP contribution >= 0.6 is 0 Å². The van der Waals surface area contributed by atoms with Gasteiger partial charge in [0, 0.05) is 13.1 Å². The third-order valence-electron chi connectivity index (χ3n) is 2.26. The van der Waals surface area contributed by atoms with Crippen molar-refractivity contribution in [3.8, 4) is 5.75 Å². The van der Waals surface area contributed by atoms with Crippen LogP contribution in [0.3, 0.4) is 0 Å². The van der Waals surface area contributed by atoms with Crippen molar-refractivity contribution in [2.45, 2.75) is 13.0 Å². The summed E-state index contributed by atoms with van der Waals surface area (Å²) >= 11 is 0. The molecule has 0 unspecified atom stereocenters. The van der Waals surface area contributed by atoms with Crippen molar-refractivity contribution in [3.05, 3.63) is 24.0 Å². The Balaban J connectivity index is 2.80. The van der Waals surface area contributed by atoms with Crippen molar-refractivity contribution >= 4 is 17.8 Å². The maximum atomic E-state index is 11.9. The van der Waals surface area contributed by atoms with Crippen molar-refractivity contribution in [2.24, 2.45) is 0 Å². The molecule has 1 heterocycles. The molecule has 1 amide bonds. The Bertz CT molecular complexity index is 516. The topological polar surface area (TPSA) is 115 Å². The summed E-state index contributed by atoms with van der Waals surface area (Å²) in [6, 6.07) is 1.73. The van der Waals surface area contributed by atoms with Crippen LogP contribution in [0.4, 0.5) is 0 Å². The molecular weight excluding hydrogens is 268 g/mol. The third-order valence-corrected chi connectivity index (χ3v) is 2.26. The number of carbonyl (C=O) groups excluding carboxylic acids is 2. The van der Waals surface area contributed by atoms with E-state index < -0.39 is 30.5 Å². The van der Waals surface area contributed by atoms with Crippen molar-refractivity contribution in [1.82, 2.24) is 10.3 Å². The minimum atomic E-state index is -1.36. The Morgan fingerprint density at radius 1 is 1.45 bits per heavy atom. The normalized spacial score (nSPS) is 11.3. The zero-order valence-corrected chi connectivity index (χ0v) is 11.0. The number of nitrogens with zero attached hydrogens (tertiary/aromatic N) is 1. The van der Waals surface area contributed by atoms with Crippen LogP contribution in [-0.4, -0.2) is 47.7 Å². The van der Waals surface area contributed by atoms with Gasteiger partial charge in [0.05, 0.1) is 7.11 Å². The largest absolute Gasteiger partial charge is 0.494 e. The minimum absolute atomic E-state index is 0.0518. The number of ether oxygens (including phenoxy) is 2. The lowest BCUT2D eigenvalue weighted by Gasteiger charge is -2.14. The first-order valence-corrected chi connectivity index (χ1v) is 5.61. The number of pyridine rings is 1. The second-order valence-corrected chi connectivity index (χ2v) is 3.72. The van der Waals surface area contributed by atoms with Crippen LogP contribution < -0.4 is 10.1 Å². The van der Waals surface area contributed by atoms with E-state index in [4.69, 9.17) is 9.84 Å². The Kier molecular flexibility index (Phi) is 5.45. The highest BCUT2D eigenvalue weighted by molar-refractivity contribution is 5.97. The second kappa shape index (κ2) is 7.07. The zero-order chi connectivity index (χ0) is 15.1. The van der Waals surface area contributed by atoms with Gasteiger partial charge in [-0.05, 0) is 12.1 Å². The molecule has 0 aliphatic carbocycles.